The number of amides is 1. The summed E-state index contributed by atoms with van der Waals surface area (Å²) >= 11 is 1.30. The summed E-state index contributed by atoms with van der Waals surface area (Å²) in [6.07, 6.45) is 5.07. The molecule has 1 aromatic heterocycles. The minimum Gasteiger partial charge on any atom is -0.483 e. The van der Waals surface area contributed by atoms with Gasteiger partial charge in [-0.2, -0.15) is 5.26 Å². The largest absolute Gasteiger partial charge is 0.483 e. The van der Waals surface area contributed by atoms with Crippen molar-refractivity contribution >= 4 is 17.7 Å². The summed E-state index contributed by atoms with van der Waals surface area (Å²) in [6.45, 7) is 2.26. The lowest BCUT2D eigenvalue weighted by molar-refractivity contribution is -0.118. The molecule has 0 radical (unpaired) electrons. The SMILES string of the molecule is CC(C1CC2CCC1C2)n1c(COc2ccccc2F)nnc1SCC(=O)NCC#N. The number of ether oxygens (including phenoxy) is 1. The van der Waals surface area contributed by atoms with Crippen molar-refractivity contribution in [1.82, 2.24) is 20.1 Å². The maximum Gasteiger partial charge on any atom is 0.231 e. The van der Waals surface area contributed by atoms with E-state index in [2.05, 4.69) is 27.0 Å². The molecule has 2 bridgehead atoms. The number of thioether (sulfide) groups is 1. The molecule has 4 rings (SSSR count). The summed E-state index contributed by atoms with van der Waals surface area (Å²) in [4.78, 5) is 12.0. The zero-order chi connectivity index (χ0) is 21.8. The van der Waals surface area contributed by atoms with Crippen LogP contribution in [0.4, 0.5) is 4.39 Å². The van der Waals surface area contributed by atoms with Gasteiger partial charge in [0.2, 0.25) is 5.91 Å². The third-order valence-electron chi connectivity index (χ3n) is 6.45. The predicted octanol–water partition coefficient (Wildman–Crippen LogP) is 3.73. The zero-order valence-corrected chi connectivity index (χ0v) is 18.3. The van der Waals surface area contributed by atoms with Crippen LogP contribution in [0, 0.1) is 34.9 Å². The van der Waals surface area contributed by atoms with Gasteiger partial charge in [0.25, 0.3) is 0 Å². The van der Waals surface area contributed by atoms with Crippen LogP contribution in [-0.4, -0.2) is 33.0 Å². The highest BCUT2D eigenvalue weighted by molar-refractivity contribution is 7.99. The van der Waals surface area contributed by atoms with Gasteiger partial charge < -0.3 is 10.1 Å². The van der Waals surface area contributed by atoms with Gasteiger partial charge in [-0.15, -0.1) is 10.2 Å². The summed E-state index contributed by atoms with van der Waals surface area (Å²) in [7, 11) is 0. The molecule has 7 nitrogen and oxygen atoms in total. The van der Waals surface area contributed by atoms with Gasteiger partial charge in [0, 0.05) is 6.04 Å². The van der Waals surface area contributed by atoms with Gasteiger partial charge in [-0.3, -0.25) is 9.36 Å². The molecule has 0 saturated heterocycles. The third-order valence-corrected chi connectivity index (χ3v) is 7.39. The van der Waals surface area contributed by atoms with E-state index in [-0.39, 0.29) is 36.6 Å². The second-order valence-electron chi connectivity index (χ2n) is 8.29. The minimum absolute atomic E-state index is 0.0185. The Morgan fingerprint density at radius 1 is 1.39 bits per heavy atom. The number of para-hydroxylation sites is 1. The number of halogens is 1. The van der Waals surface area contributed by atoms with Crippen LogP contribution in [0.25, 0.3) is 0 Å². The van der Waals surface area contributed by atoms with Crippen LogP contribution in [0.2, 0.25) is 0 Å². The number of nitriles is 1. The monoisotopic (exact) mass is 443 g/mol. The summed E-state index contributed by atoms with van der Waals surface area (Å²) in [6, 6.07) is 8.35. The number of carbonyl (C=O) groups is 1. The summed E-state index contributed by atoms with van der Waals surface area (Å²) < 4.78 is 21.7. The smallest absolute Gasteiger partial charge is 0.231 e. The minimum atomic E-state index is -0.418. The van der Waals surface area contributed by atoms with Crippen molar-refractivity contribution in [3.05, 3.63) is 35.9 Å². The van der Waals surface area contributed by atoms with Crippen LogP contribution in [-0.2, 0) is 11.4 Å². The molecule has 4 atom stereocenters. The fourth-order valence-electron chi connectivity index (χ4n) is 5.01. The van der Waals surface area contributed by atoms with Crippen molar-refractivity contribution in [2.24, 2.45) is 17.8 Å². The van der Waals surface area contributed by atoms with E-state index >= 15 is 0 Å². The lowest BCUT2D eigenvalue weighted by atomic mass is 9.84. The summed E-state index contributed by atoms with van der Waals surface area (Å²) in [5.41, 5.74) is 0. The topological polar surface area (TPSA) is 92.8 Å². The van der Waals surface area contributed by atoms with E-state index in [0.717, 1.165) is 5.92 Å². The second-order valence-corrected chi connectivity index (χ2v) is 9.23. The molecule has 1 heterocycles. The van der Waals surface area contributed by atoms with E-state index in [9.17, 15) is 9.18 Å². The highest BCUT2D eigenvalue weighted by Crippen LogP contribution is 2.52. The molecule has 2 saturated carbocycles. The molecule has 164 valence electrons. The molecule has 2 aromatic rings. The molecule has 31 heavy (non-hydrogen) atoms. The van der Waals surface area contributed by atoms with Crippen LogP contribution in [0.1, 0.15) is 44.5 Å². The predicted molar refractivity (Wildman–Crippen MR) is 114 cm³/mol. The Balaban J connectivity index is 1.52. The Kier molecular flexibility index (Phi) is 6.76. The number of fused-ring (bicyclic) bond motifs is 2. The first-order chi connectivity index (χ1) is 15.1. The number of hydrogen-bond acceptors (Lipinski definition) is 6. The van der Waals surface area contributed by atoms with Crippen LogP contribution in [0.3, 0.4) is 0 Å². The molecular formula is C22H26FN5O2S. The van der Waals surface area contributed by atoms with E-state index in [4.69, 9.17) is 10.00 Å². The van der Waals surface area contributed by atoms with Gasteiger partial charge >= 0.3 is 0 Å². The van der Waals surface area contributed by atoms with Crippen LogP contribution in [0.5, 0.6) is 5.75 Å². The van der Waals surface area contributed by atoms with Gasteiger partial charge in [0.05, 0.1) is 11.8 Å². The molecule has 9 heteroatoms. The van der Waals surface area contributed by atoms with Gasteiger partial charge in [0.1, 0.15) is 13.2 Å². The van der Waals surface area contributed by atoms with Crippen molar-refractivity contribution < 1.29 is 13.9 Å². The van der Waals surface area contributed by atoms with E-state index in [1.807, 2.05) is 6.07 Å². The second kappa shape index (κ2) is 9.69. The quantitative estimate of drug-likeness (QED) is 0.469. The van der Waals surface area contributed by atoms with Crippen molar-refractivity contribution in [2.45, 2.75) is 50.4 Å². The molecule has 2 fully saturated rings. The first kappa shape index (κ1) is 21.6. The highest BCUT2D eigenvalue weighted by Gasteiger charge is 2.43. The van der Waals surface area contributed by atoms with Gasteiger partial charge in [0.15, 0.2) is 22.5 Å². The molecule has 2 aliphatic rings. The number of carbonyl (C=O) groups excluding carboxylic acids is 1. The Bertz CT molecular complexity index is 975. The number of hydrogen-bond donors (Lipinski definition) is 1. The molecule has 4 unspecified atom stereocenters. The number of nitrogens with one attached hydrogen (secondary N) is 1. The van der Waals surface area contributed by atoms with Crippen molar-refractivity contribution in [3.8, 4) is 11.8 Å². The molecule has 1 N–H and O–H groups in total. The van der Waals surface area contributed by atoms with Gasteiger partial charge in [-0.05, 0) is 56.1 Å². The lowest BCUT2D eigenvalue weighted by Gasteiger charge is -2.30. The van der Waals surface area contributed by atoms with E-state index in [1.54, 1.807) is 18.2 Å². The number of nitrogens with zero attached hydrogens (tertiary/aromatic N) is 4. The van der Waals surface area contributed by atoms with E-state index < -0.39 is 5.82 Å². The Morgan fingerprint density at radius 2 is 2.23 bits per heavy atom. The number of rotatable bonds is 9. The molecule has 1 amide bonds. The fraction of sp³-hybridized carbons (Fsp3) is 0.545. The maximum absolute atomic E-state index is 14.0. The number of benzene rings is 1. The van der Waals surface area contributed by atoms with Crippen LogP contribution >= 0.6 is 11.8 Å². The first-order valence-electron chi connectivity index (χ1n) is 10.6. The van der Waals surface area contributed by atoms with E-state index in [0.29, 0.717) is 22.8 Å². The van der Waals surface area contributed by atoms with E-state index in [1.165, 1.54) is 43.5 Å². The molecular weight excluding hydrogens is 417 g/mol. The molecule has 1 aromatic carbocycles. The van der Waals surface area contributed by atoms with Crippen LogP contribution in [0.15, 0.2) is 29.4 Å². The lowest BCUT2D eigenvalue weighted by Crippen LogP contribution is -2.26. The Labute approximate surface area is 185 Å². The molecule has 2 aliphatic carbocycles. The average molecular weight is 444 g/mol. The normalized spacial score (nSPS) is 22.8. The fourth-order valence-corrected chi connectivity index (χ4v) is 5.88. The summed E-state index contributed by atoms with van der Waals surface area (Å²) in [5, 5.41) is 20.4. The maximum atomic E-state index is 14.0. The van der Waals surface area contributed by atoms with Crippen LogP contribution < -0.4 is 10.1 Å². The Hall–Kier alpha value is -2.60. The first-order valence-corrected chi connectivity index (χ1v) is 11.6. The summed E-state index contributed by atoms with van der Waals surface area (Å²) in [5.74, 6) is 2.36. The highest BCUT2D eigenvalue weighted by atomic mass is 32.2. The van der Waals surface area contributed by atoms with Crippen molar-refractivity contribution in [1.29, 1.82) is 5.26 Å². The number of aromatic nitrogens is 3. The third kappa shape index (κ3) is 4.85. The van der Waals surface area contributed by atoms with Gasteiger partial charge in [-0.1, -0.05) is 30.3 Å². The Morgan fingerprint density at radius 3 is 2.94 bits per heavy atom. The zero-order valence-electron chi connectivity index (χ0n) is 17.5. The van der Waals surface area contributed by atoms with Gasteiger partial charge in [-0.25, -0.2) is 4.39 Å². The van der Waals surface area contributed by atoms with Crippen molar-refractivity contribution in [3.63, 3.8) is 0 Å². The standard InChI is InChI=1S/C22H26FN5O2S/c1-14(17-11-15-6-7-16(17)10-15)28-20(12-30-19-5-3-2-4-18(19)23)26-27-22(28)31-13-21(29)25-9-8-24/h2-5,14-17H,6-7,9-13H2,1H3,(H,25,29). The van der Waals surface area contributed by atoms with Crippen molar-refractivity contribution in [2.75, 3.05) is 12.3 Å². The molecule has 0 spiro atoms. The average Bonchev–Trinajstić information content (AvgIpc) is 3.51. The molecule has 0 aliphatic heterocycles.